The molecule has 4 rings (SSSR count). The van der Waals surface area contributed by atoms with Crippen molar-refractivity contribution < 1.29 is 9.68 Å². The monoisotopic (exact) mass is 364 g/mol. The van der Waals surface area contributed by atoms with Crippen LogP contribution in [0.4, 0.5) is 0 Å². The molecule has 0 saturated heterocycles. The van der Waals surface area contributed by atoms with Gasteiger partial charge in [0.25, 0.3) is 0 Å². The van der Waals surface area contributed by atoms with Gasteiger partial charge in [0, 0.05) is 0 Å². The summed E-state index contributed by atoms with van der Waals surface area (Å²) in [6.07, 6.45) is 0. The third-order valence-corrected chi connectivity index (χ3v) is 4.91. The van der Waals surface area contributed by atoms with Crippen LogP contribution in [0.1, 0.15) is 16.7 Å². The van der Waals surface area contributed by atoms with Crippen LogP contribution in [0.5, 0.6) is 0 Å². The third kappa shape index (κ3) is 3.50. The molecule has 2 nitrogen and oxygen atoms in total. The standard InChI is InChI=1S/C25H21BO2/c27-26(24-19-11-4-12-20-24)28-25(21-13-5-1-6-14-21,22-15-7-2-8-16-22)23-17-9-3-10-18-23/h1-20,27H. The Kier molecular flexibility index (Phi) is 5.38. The van der Waals surface area contributed by atoms with Crippen molar-refractivity contribution in [1.82, 2.24) is 0 Å². The molecular formula is C25H21BO2. The molecule has 136 valence electrons. The van der Waals surface area contributed by atoms with Gasteiger partial charge in [-0.1, -0.05) is 121 Å². The van der Waals surface area contributed by atoms with Crippen LogP contribution in [0.15, 0.2) is 121 Å². The van der Waals surface area contributed by atoms with E-state index in [4.69, 9.17) is 4.65 Å². The van der Waals surface area contributed by atoms with Crippen LogP contribution in [0, 0.1) is 0 Å². The highest BCUT2D eigenvalue weighted by molar-refractivity contribution is 6.60. The molecule has 0 aromatic heterocycles. The second-order valence-electron chi connectivity index (χ2n) is 6.66. The summed E-state index contributed by atoms with van der Waals surface area (Å²) in [6, 6.07) is 39.6. The number of rotatable bonds is 6. The highest BCUT2D eigenvalue weighted by Crippen LogP contribution is 2.40. The molecule has 0 radical (unpaired) electrons. The minimum atomic E-state index is -1.08. The summed E-state index contributed by atoms with van der Waals surface area (Å²) in [6.45, 7) is 0. The molecule has 3 heteroatoms. The quantitative estimate of drug-likeness (QED) is 0.406. The summed E-state index contributed by atoms with van der Waals surface area (Å²) < 4.78 is 6.54. The summed E-state index contributed by atoms with van der Waals surface area (Å²) in [5.74, 6) is 0. The lowest BCUT2D eigenvalue weighted by molar-refractivity contribution is 0.129. The highest BCUT2D eigenvalue weighted by atomic mass is 16.5. The van der Waals surface area contributed by atoms with Crippen molar-refractivity contribution >= 4 is 12.6 Å². The molecule has 1 N–H and O–H groups in total. The van der Waals surface area contributed by atoms with Gasteiger partial charge in [0.2, 0.25) is 0 Å². The maximum atomic E-state index is 11.0. The predicted octanol–water partition coefficient (Wildman–Crippen LogP) is 4.38. The van der Waals surface area contributed by atoms with Crippen molar-refractivity contribution in [3.05, 3.63) is 138 Å². The van der Waals surface area contributed by atoms with E-state index in [2.05, 4.69) is 0 Å². The molecule has 0 saturated carbocycles. The van der Waals surface area contributed by atoms with Crippen molar-refractivity contribution in [2.24, 2.45) is 0 Å². The molecule has 4 aromatic carbocycles. The topological polar surface area (TPSA) is 29.5 Å². The first-order valence-corrected chi connectivity index (χ1v) is 9.38. The zero-order chi connectivity index (χ0) is 19.2. The lowest BCUT2D eigenvalue weighted by Gasteiger charge is -2.37. The van der Waals surface area contributed by atoms with Crippen LogP contribution >= 0.6 is 0 Å². The van der Waals surface area contributed by atoms with Gasteiger partial charge in [0.05, 0.1) is 0 Å². The third-order valence-electron chi connectivity index (χ3n) is 4.91. The largest absolute Gasteiger partial charge is 0.492 e. The molecule has 0 atom stereocenters. The van der Waals surface area contributed by atoms with E-state index in [1.807, 2.05) is 121 Å². The van der Waals surface area contributed by atoms with Gasteiger partial charge < -0.3 is 9.68 Å². The Labute approximate surface area is 166 Å². The summed E-state index contributed by atoms with van der Waals surface area (Å²) in [4.78, 5) is 0. The SMILES string of the molecule is OB(OC(c1ccccc1)(c1ccccc1)c1ccccc1)c1ccccc1. The van der Waals surface area contributed by atoms with Crippen LogP contribution < -0.4 is 5.46 Å². The Morgan fingerprint density at radius 1 is 0.500 bits per heavy atom. The summed E-state index contributed by atoms with van der Waals surface area (Å²) in [5.41, 5.74) is 2.65. The molecule has 0 bridgehead atoms. The lowest BCUT2D eigenvalue weighted by atomic mass is 9.73. The van der Waals surface area contributed by atoms with Crippen LogP contribution in [-0.2, 0) is 10.3 Å². The van der Waals surface area contributed by atoms with Gasteiger partial charge >= 0.3 is 7.12 Å². The van der Waals surface area contributed by atoms with E-state index >= 15 is 0 Å². The number of benzene rings is 4. The molecule has 0 fully saturated rings. The Morgan fingerprint density at radius 3 is 1.18 bits per heavy atom. The van der Waals surface area contributed by atoms with Crippen LogP contribution in [0.2, 0.25) is 0 Å². The van der Waals surface area contributed by atoms with Crippen molar-refractivity contribution in [3.63, 3.8) is 0 Å². The molecule has 0 spiro atoms. The minimum Gasteiger partial charge on any atom is -0.423 e. The summed E-state index contributed by atoms with van der Waals surface area (Å²) in [5, 5.41) is 11.0. The molecule has 0 aliphatic carbocycles. The van der Waals surface area contributed by atoms with Gasteiger partial charge in [-0.05, 0) is 22.2 Å². The molecular weight excluding hydrogens is 343 g/mol. The first-order valence-electron chi connectivity index (χ1n) is 9.38. The van der Waals surface area contributed by atoms with Crippen molar-refractivity contribution in [3.8, 4) is 0 Å². The fourth-order valence-corrected chi connectivity index (χ4v) is 3.58. The number of hydrogen-bond donors (Lipinski definition) is 1. The van der Waals surface area contributed by atoms with Crippen LogP contribution in [-0.4, -0.2) is 12.1 Å². The zero-order valence-electron chi connectivity index (χ0n) is 15.5. The summed E-state index contributed by atoms with van der Waals surface area (Å²) >= 11 is 0. The first-order chi connectivity index (χ1) is 13.8. The Hall–Kier alpha value is -3.14. The molecule has 0 aliphatic heterocycles. The number of hydrogen-bond acceptors (Lipinski definition) is 2. The Bertz CT molecular complexity index is 893. The lowest BCUT2D eigenvalue weighted by Crippen LogP contribution is -2.44. The first kappa shape index (κ1) is 18.2. The smallest absolute Gasteiger partial charge is 0.423 e. The van der Waals surface area contributed by atoms with Crippen LogP contribution in [0.3, 0.4) is 0 Å². The van der Waals surface area contributed by atoms with Gasteiger partial charge in [-0.25, -0.2) is 0 Å². The van der Waals surface area contributed by atoms with E-state index in [0.717, 1.165) is 22.2 Å². The summed E-state index contributed by atoms with van der Waals surface area (Å²) in [7, 11) is -1.08. The van der Waals surface area contributed by atoms with Crippen molar-refractivity contribution in [2.45, 2.75) is 5.60 Å². The van der Waals surface area contributed by atoms with E-state index in [9.17, 15) is 5.02 Å². The molecule has 0 aliphatic rings. The molecule has 28 heavy (non-hydrogen) atoms. The highest BCUT2D eigenvalue weighted by Gasteiger charge is 2.41. The zero-order valence-corrected chi connectivity index (χ0v) is 15.5. The van der Waals surface area contributed by atoms with Gasteiger partial charge in [-0.3, -0.25) is 0 Å². The fraction of sp³-hybridized carbons (Fsp3) is 0.0400. The van der Waals surface area contributed by atoms with E-state index in [0.29, 0.717) is 0 Å². The fourth-order valence-electron chi connectivity index (χ4n) is 3.58. The average Bonchev–Trinajstić information content (AvgIpc) is 2.80. The van der Waals surface area contributed by atoms with Gasteiger partial charge in [0.15, 0.2) is 0 Å². The van der Waals surface area contributed by atoms with Crippen molar-refractivity contribution in [1.29, 1.82) is 0 Å². The van der Waals surface area contributed by atoms with Gasteiger partial charge in [0.1, 0.15) is 5.60 Å². The van der Waals surface area contributed by atoms with E-state index in [1.54, 1.807) is 0 Å². The second kappa shape index (κ2) is 8.26. The molecule has 4 aromatic rings. The van der Waals surface area contributed by atoms with Gasteiger partial charge in [-0.15, -0.1) is 0 Å². The van der Waals surface area contributed by atoms with Gasteiger partial charge in [-0.2, -0.15) is 0 Å². The maximum absolute atomic E-state index is 11.0. The van der Waals surface area contributed by atoms with E-state index < -0.39 is 12.7 Å². The average molecular weight is 364 g/mol. The Balaban J connectivity index is 1.93. The predicted molar refractivity (Wildman–Crippen MR) is 114 cm³/mol. The second-order valence-corrected chi connectivity index (χ2v) is 6.66. The molecule has 0 unspecified atom stereocenters. The van der Waals surface area contributed by atoms with Crippen molar-refractivity contribution in [2.75, 3.05) is 0 Å². The molecule has 0 heterocycles. The van der Waals surface area contributed by atoms with E-state index in [1.165, 1.54) is 0 Å². The minimum absolute atomic E-state index is 0.717. The normalized spacial score (nSPS) is 11.2. The van der Waals surface area contributed by atoms with Crippen LogP contribution in [0.25, 0.3) is 0 Å². The van der Waals surface area contributed by atoms with E-state index in [-0.39, 0.29) is 0 Å². The molecule has 0 amide bonds. The maximum Gasteiger partial charge on any atom is 0.492 e. The Morgan fingerprint density at radius 2 is 0.821 bits per heavy atom.